The summed E-state index contributed by atoms with van der Waals surface area (Å²) in [6.07, 6.45) is 7.35. The van der Waals surface area contributed by atoms with Crippen LogP contribution in [0.25, 0.3) is 0 Å². The van der Waals surface area contributed by atoms with Gasteiger partial charge in [-0.1, -0.05) is 25.7 Å². The van der Waals surface area contributed by atoms with Gasteiger partial charge in [0.1, 0.15) is 12.7 Å². The summed E-state index contributed by atoms with van der Waals surface area (Å²) in [5, 5.41) is 4.03. The van der Waals surface area contributed by atoms with Gasteiger partial charge >= 0.3 is 0 Å². The zero-order chi connectivity index (χ0) is 11.6. The van der Waals surface area contributed by atoms with E-state index >= 15 is 0 Å². The monoisotopic (exact) mass is 221 g/mol. The second-order valence-corrected chi connectivity index (χ2v) is 3.46. The summed E-state index contributed by atoms with van der Waals surface area (Å²) in [6, 6.07) is 0. The molecular weight excluding hydrogens is 202 g/mol. The third-order valence-corrected chi connectivity index (χ3v) is 2.13. The van der Waals surface area contributed by atoms with E-state index in [1.807, 2.05) is 6.92 Å². The Hall–Kier alpha value is -1.34. The molecule has 1 aromatic rings. The van der Waals surface area contributed by atoms with Crippen molar-refractivity contribution in [2.75, 3.05) is 6.61 Å². The van der Waals surface area contributed by atoms with Crippen LogP contribution >= 0.6 is 0 Å². The van der Waals surface area contributed by atoms with E-state index in [0.29, 0.717) is 6.61 Å². The topological polar surface area (TPSA) is 39.9 Å². The number of unbranched alkanes of at least 4 members (excludes halogenated alkanes) is 3. The van der Waals surface area contributed by atoms with Crippen molar-refractivity contribution in [3.05, 3.63) is 12.7 Å². The van der Waals surface area contributed by atoms with Crippen molar-refractivity contribution >= 4 is 0 Å². The molecular formula is C12H19N3O. The molecule has 0 aliphatic carbocycles. The zero-order valence-electron chi connectivity index (χ0n) is 10.0. The summed E-state index contributed by atoms with van der Waals surface area (Å²) in [4.78, 5) is 3.89. The summed E-state index contributed by atoms with van der Waals surface area (Å²) in [5.41, 5.74) is 0. The van der Waals surface area contributed by atoms with Crippen LogP contribution in [0.3, 0.4) is 0 Å². The lowest BCUT2D eigenvalue weighted by atomic mass is 10.2. The Morgan fingerprint density at radius 3 is 2.88 bits per heavy atom. The molecule has 0 spiro atoms. The van der Waals surface area contributed by atoms with Crippen LogP contribution in [-0.4, -0.2) is 21.4 Å². The van der Waals surface area contributed by atoms with Gasteiger partial charge in [-0.2, -0.15) is 5.10 Å². The van der Waals surface area contributed by atoms with Crippen LogP contribution in [-0.2, 0) is 4.74 Å². The predicted octanol–water partition coefficient (Wildman–Crippen LogP) is 2.40. The summed E-state index contributed by atoms with van der Waals surface area (Å²) >= 11 is 0. The Kier molecular flexibility index (Phi) is 6.28. The first-order chi connectivity index (χ1) is 7.88. The van der Waals surface area contributed by atoms with Crippen molar-refractivity contribution in [1.29, 1.82) is 0 Å². The molecule has 0 N–H and O–H groups in total. The van der Waals surface area contributed by atoms with Crippen molar-refractivity contribution in [3.8, 4) is 11.8 Å². The Balaban J connectivity index is 2.45. The first-order valence-electron chi connectivity index (χ1n) is 5.82. The lowest BCUT2D eigenvalue weighted by Crippen LogP contribution is -2.11. The van der Waals surface area contributed by atoms with Crippen LogP contribution < -0.4 is 0 Å². The Morgan fingerprint density at radius 2 is 2.25 bits per heavy atom. The number of hydrogen-bond acceptors (Lipinski definition) is 3. The van der Waals surface area contributed by atoms with Crippen LogP contribution in [0.2, 0.25) is 0 Å². The Bertz CT molecular complexity index is 324. The molecule has 0 aromatic carbocycles. The number of rotatable bonds is 6. The molecule has 4 heteroatoms. The zero-order valence-corrected chi connectivity index (χ0v) is 10.0. The minimum absolute atomic E-state index is 0.297. The third-order valence-electron chi connectivity index (χ3n) is 2.13. The quantitative estimate of drug-likeness (QED) is 0.547. The number of nitrogens with zero attached hydrogens (tertiary/aromatic N) is 3. The highest BCUT2D eigenvalue weighted by atomic mass is 16.5. The molecule has 4 nitrogen and oxygen atoms in total. The van der Waals surface area contributed by atoms with Crippen LogP contribution in [0.5, 0.6) is 0 Å². The normalized spacial score (nSPS) is 11.9. The van der Waals surface area contributed by atoms with Gasteiger partial charge < -0.3 is 4.74 Å². The molecule has 1 unspecified atom stereocenters. The van der Waals surface area contributed by atoms with Crippen molar-refractivity contribution in [2.24, 2.45) is 0 Å². The summed E-state index contributed by atoms with van der Waals surface area (Å²) in [5.74, 6) is 6.20. The molecule has 0 bridgehead atoms. The third kappa shape index (κ3) is 4.45. The van der Waals surface area contributed by atoms with Crippen LogP contribution in [0, 0.1) is 11.8 Å². The summed E-state index contributed by atoms with van der Waals surface area (Å²) < 4.78 is 7.11. The van der Waals surface area contributed by atoms with E-state index in [9.17, 15) is 0 Å². The average Bonchev–Trinajstić information content (AvgIpc) is 2.81. The number of ether oxygens (including phenoxy) is 1. The number of aromatic nitrogens is 3. The minimum atomic E-state index is -0.297. The Labute approximate surface area is 97.0 Å². The maximum absolute atomic E-state index is 5.48. The lowest BCUT2D eigenvalue weighted by Gasteiger charge is -2.09. The molecule has 1 rings (SSSR count). The average molecular weight is 221 g/mol. The van der Waals surface area contributed by atoms with E-state index in [4.69, 9.17) is 4.74 Å². The molecule has 0 saturated heterocycles. The van der Waals surface area contributed by atoms with Crippen LogP contribution in [0.15, 0.2) is 12.7 Å². The molecule has 1 heterocycles. The smallest absolute Gasteiger partial charge is 0.214 e. The molecule has 1 aromatic heterocycles. The molecule has 88 valence electrons. The summed E-state index contributed by atoms with van der Waals surface area (Å²) in [7, 11) is 0. The van der Waals surface area contributed by atoms with Crippen molar-refractivity contribution in [3.63, 3.8) is 0 Å². The fourth-order valence-electron chi connectivity index (χ4n) is 1.30. The van der Waals surface area contributed by atoms with Gasteiger partial charge in [-0.05, 0) is 19.3 Å². The van der Waals surface area contributed by atoms with Gasteiger partial charge in [0.05, 0.1) is 0 Å². The fraction of sp³-hybridized carbons (Fsp3) is 0.667. The lowest BCUT2D eigenvalue weighted by molar-refractivity contribution is 0.0449. The molecule has 16 heavy (non-hydrogen) atoms. The standard InChI is InChI=1S/C12H19N3O/c1-3-5-6-7-8-9-12(16-4-2)15-11-13-10-14-15/h10-12H,3-7H2,1-2H3. The second kappa shape index (κ2) is 7.89. The highest BCUT2D eigenvalue weighted by Gasteiger charge is 2.05. The maximum atomic E-state index is 5.48. The number of hydrogen-bond donors (Lipinski definition) is 0. The van der Waals surface area contributed by atoms with Gasteiger partial charge in [-0.25, -0.2) is 9.67 Å². The van der Waals surface area contributed by atoms with Crippen molar-refractivity contribution < 1.29 is 4.74 Å². The van der Waals surface area contributed by atoms with Crippen molar-refractivity contribution in [2.45, 2.75) is 45.8 Å². The van der Waals surface area contributed by atoms with Gasteiger partial charge in [-0.15, -0.1) is 0 Å². The first kappa shape index (κ1) is 12.7. The molecule has 1 atom stereocenters. The van der Waals surface area contributed by atoms with E-state index in [0.717, 1.165) is 12.8 Å². The predicted molar refractivity (Wildman–Crippen MR) is 62.6 cm³/mol. The largest absolute Gasteiger partial charge is 0.346 e. The SMILES string of the molecule is CCCCCC#CC(OCC)n1cncn1. The molecule has 0 fully saturated rings. The van der Waals surface area contributed by atoms with Crippen LogP contribution in [0.1, 0.15) is 45.8 Å². The van der Waals surface area contributed by atoms with E-state index in [-0.39, 0.29) is 6.23 Å². The van der Waals surface area contributed by atoms with Gasteiger partial charge in [0.25, 0.3) is 0 Å². The first-order valence-corrected chi connectivity index (χ1v) is 5.82. The molecule has 0 aliphatic heterocycles. The second-order valence-electron chi connectivity index (χ2n) is 3.46. The molecule has 0 amide bonds. The van der Waals surface area contributed by atoms with Crippen molar-refractivity contribution in [1.82, 2.24) is 14.8 Å². The highest BCUT2D eigenvalue weighted by molar-refractivity contribution is 5.02. The molecule has 0 saturated carbocycles. The van der Waals surface area contributed by atoms with Crippen LogP contribution in [0.4, 0.5) is 0 Å². The van der Waals surface area contributed by atoms with E-state index in [1.54, 1.807) is 11.0 Å². The van der Waals surface area contributed by atoms with Gasteiger partial charge in [0, 0.05) is 13.0 Å². The molecule has 0 radical (unpaired) electrons. The molecule has 0 aliphatic rings. The minimum Gasteiger partial charge on any atom is -0.346 e. The Morgan fingerprint density at radius 1 is 1.38 bits per heavy atom. The van der Waals surface area contributed by atoms with Gasteiger partial charge in [0.2, 0.25) is 6.23 Å². The maximum Gasteiger partial charge on any atom is 0.214 e. The highest BCUT2D eigenvalue weighted by Crippen LogP contribution is 2.04. The van der Waals surface area contributed by atoms with E-state index < -0.39 is 0 Å². The van der Waals surface area contributed by atoms with Gasteiger partial charge in [0.15, 0.2) is 0 Å². The van der Waals surface area contributed by atoms with E-state index in [1.165, 1.54) is 19.2 Å². The fourth-order valence-corrected chi connectivity index (χ4v) is 1.30. The van der Waals surface area contributed by atoms with E-state index in [2.05, 4.69) is 28.8 Å². The summed E-state index contributed by atoms with van der Waals surface area (Å²) in [6.45, 7) is 4.75. The van der Waals surface area contributed by atoms with Gasteiger partial charge in [-0.3, -0.25) is 0 Å².